The minimum atomic E-state index is -0.792. The number of hydroxylamine groups is 1. The van der Waals surface area contributed by atoms with E-state index >= 15 is 0 Å². The van der Waals surface area contributed by atoms with Gasteiger partial charge in [-0.25, -0.2) is 9.59 Å². The van der Waals surface area contributed by atoms with Crippen molar-refractivity contribution in [1.29, 1.82) is 0 Å². The average Bonchev–Trinajstić information content (AvgIpc) is 2.49. The van der Waals surface area contributed by atoms with Crippen molar-refractivity contribution in [1.82, 2.24) is 4.98 Å². The molecule has 2 N–H and O–H groups in total. The third-order valence-corrected chi connectivity index (χ3v) is 2.66. The second-order valence-corrected chi connectivity index (χ2v) is 7.37. The lowest BCUT2D eigenvalue weighted by Gasteiger charge is -2.32. The van der Waals surface area contributed by atoms with E-state index in [4.69, 9.17) is 20.2 Å². The number of pyridine rings is 1. The topological polar surface area (TPSA) is 116 Å². The largest absolute Gasteiger partial charge is 0.465 e. The van der Waals surface area contributed by atoms with Crippen molar-refractivity contribution in [2.24, 2.45) is 10.9 Å². The normalized spacial score (nSPS) is 12.1. The predicted molar refractivity (Wildman–Crippen MR) is 96.9 cm³/mol. The molecule has 0 aliphatic rings. The van der Waals surface area contributed by atoms with Gasteiger partial charge in [0.05, 0.1) is 36.4 Å². The highest BCUT2D eigenvalue weighted by Crippen LogP contribution is 2.27. The fourth-order valence-corrected chi connectivity index (χ4v) is 1.81. The fraction of sp³-hybridized carbons (Fsp3) is 0.529. The Morgan fingerprint density at radius 1 is 1.19 bits per heavy atom. The molecule has 1 amide bonds. The molecular weight excluding hydrogens is 340 g/mol. The number of nitrogens with two attached hydrogens (primary N) is 1. The number of aromatic nitrogens is 1. The molecule has 0 unspecified atom stereocenters. The zero-order chi connectivity index (χ0) is 20.1. The standard InChI is InChI=1S/C17H26N4O5/c1-16(2,3)25-15(23)21(26-17(4,5)6)13-10-19-11(9-20-18)8-12(13)14(22)24-7/h8-10H,18H2,1-7H3/b20-9+. The van der Waals surface area contributed by atoms with Gasteiger partial charge in [0.15, 0.2) is 0 Å². The number of esters is 1. The van der Waals surface area contributed by atoms with Crippen LogP contribution < -0.4 is 10.9 Å². The summed E-state index contributed by atoms with van der Waals surface area (Å²) in [6.07, 6.45) is 1.76. The summed E-state index contributed by atoms with van der Waals surface area (Å²) in [5.41, 5.74) is -1.07. The molecular formula is C17H26N4O5. The Bertz CT molecular complexity index is 689. The minimum Gasteiger partial charge on any atom is -0.465 e. The number of hydrogen-bond donors (Lipinski definition) is 1. The first kappa shape index (κ1) is 21.4. The highest BCUT2D eigenvalue weighted by molar-refractivity contribution is 6.01. The maximum atomic E-state index is 12.7. The van der Waals surface area contributed by atoms with Gasteiger partial charge in [0.25, 0.3) is 0 Å². The molecule has 9 heteroatoms. The lowest BCUT2D eigenvalue weighted by atomic mass is 10.2. The van der Waals surface area contributed by atoms with Crippen molar-refractivity contribution in [3.05, 3.63) is 23.5 Å². The van der Waals surface area contributed by atoms with Gasteiger partial charge in [0.1, 0.15) is 11.3 Å². The Labute approximate surface area is 153 Å². The van der Waals surface area contributed by atoms with Crippen molar-refractivity contribution in [3.63, 3.8) is 0 Å². The highest BCUT2D eigenvalue weighted by Gasteiger charge is 2.32. The van der Waals surface area contributed by atoms with Crippen molar-refractivity contribution in [3.8, 4) is 0 Å². The monoisotopic (exact) mass is 366 g/mol. The molecule has 1 aromatic rings. The molecule has 0 bridgehead atoms. The summed E-state index contributed by atoms with van der Waals surface area (Å²) in [5.74, 6) is 4.44. The molecule has 0 fully saturated rings. The number of amides is 1. The number of hydrogen-bond acceptors (Lipinski definition) is 8. The Morgan fingerprint density at radius 2 is 1.81 bits per heavy atom. The molecule has 9 nitrogen and oxygen atoms in total. The van der Waals surface area contributed by atoms with Crippen LogP contribution in [0.15, 0.2) is 17.4 Å². The van der Waals surface area contributed by atoms with Gasteiger partial charge in [-0.05, 0) is 47.6 Å². The number of methoxy groups -OCH3 is 1. The van der Waals surface area contributed by atoms with E-state index in [0.717, 1.165) is 5.06 Å². The molecule has 0 aromatic carbocycles. The van der Waals surface area contributed by atoms with E-state index in [9.17, 15) is 9.59 Å². The number of carbonyl (C=O) groups excluding carboxylic acids is 2. The smallest absolute Gasteiger partial charge is 0.439 e. The van der Waals surface area contributed by atoms with E-state index < -0.39 is 23.3 Å². The summed E-state index contributed by atoms with van der Waals surface area (Å²) >= 11 is 0. The number of hydrazone groups is 1. The fourth-order valence-electron chi connectivity index (χ4n) is 1.81. The van der Waals surface area contributed by atoms with Gasteiger partial charge in [0, 0.05) is 0 Å². The second-order valence-electron chi connectivity index (χ2n) is 7.37. The first-order chi connectivity index (χ1) is 11.9. The average molecular weight is 366 g/mol. The first-order valence-electron chi connectivity index (χ1n) is 7.92. The molecule has 144 valence electrons. The summed E-state index contributed by atoms with van der Waals surface area (Å²) in [4.78, 5) is 34.7. The first-order valence-corrected chi connectivity index (χ1v) is 7.92. The molecule has 1 aromatic heterocycles. The van der Waals surface area contributed by atoms with E-state index in [1.54, 1.807) is 41.5 Å². The molecule has 26 heavy (non-hydrogen) atoms. The zero-order valence-electron chi connectivity index (χ0n) is 16.2. The van der Waals surface area contributed by atoms with Crippen molar-refractivity contribution >= 4 is 24.0 Å². The second kappa shape index (κ2) is 8.13. The summed E-state index contributed by atoms with van der Waals surface area (Å²) in [5, 5.41) is 4.27. The molecule has 0 radical (unpaired) electrons. The Morgan fingerprint density at radius 3 is 2.27 bits per heavy atom. The van der Waals surface area contributed by atoms with Crippen LogP contribution in [0.1, 0.15) is 57.6 Å². The van der Waals surface area contributed by atoms with Crippen LogP contribution >= 0.6 is 0 Å². The zero-order valence-corrected chi connectivity index (χ0v) is 16.2. The van der Waals surface area contributed by atoms with Crippen LogP contribution in [0.25, 0.3) is 0 Å². The molecule has 0 saturated carbocycles. The third-order valence-electron chi connectivity index (χ3n) is 2.66. The van der Waals surface area contributed by atoms with Crippen LogP contribution in [0.4, 0.5) is 10.5 Å². The molecule has 0 saturated heterocycles. The van der Waals surface area contributed by atoms with Gasteiger partial charge in [0.2, 0.25) is 0 Å². The van der Waals surface area contributed by atoms with Crippen molar-refractivity contribution in [2.75, 3.05) is 12.2 Å². The summed E-state index contributed by atoms with van der Waals surface area (Å²) in [7, 11) is 1.23. The number of anilines is 1. The van der Waals surface area contributed by atoms with Crippen LogP contribution in [0.5, 0.6) is 0 Å². The number of nitrogens with zero attached hydrogens (tertiary/aromatic N) is 3. The number of carbonyl (C=O) groups is 2. The van der Waals surface area contributed by atoms with E-state index in [1.807, 2.05) is 0 Å². The van der Waals surface area contributed by atoms with Crippen LogP contribution in [0, 0.1) is 0 Å². The summed E-state index contributed by atoms with van der Waals surface area (Å²) in [6.45, 7) is 10.4. The van der Waals surface area contributed by atoms with Gasteiger partial charge in [-0.3, -0.25) is 9.82 Å². The van der Waals surface area contributed by atoms with Gasteiger partial charge < -0.3 is 15.3 Å². The molecule has 0 atom stereocenters. The van der Waals surface area contributed by atoms with Crippen LogP contribution in [0.2, 0.25) is 0 Å². The highest BCUT2D eigenvalue weighted by atomic mass is 16.7. The summed E-state index contributed by atoms with van der Waals surface area (Å²) in [6, 6.07) is 1.39. The Balaban J connectivity index is 3.48. The molecule has 0 aliphatic heterocycles. The Kier molecular flexibility index (Phi) is 6.68. The maximum absolute atomic E-state index is 12.7. The number of rotatable bonds is 4. The molecule has 0 aliphatic carbocycles. The Hall–Kier alpha value is -2.68. The minimum absolute atomic E-state index is 0.0486. The lowest BCUT2D eigenvalue weighted by Crippen LogP contribution is -2.42. The lowest BCUT2D eigenvalue weighted by molar-refractivity contribution is -0.0358. The van der Waals surface area contributed by atoms with Crippen molar-refractivity contribution < 1.29 is 23.9 Å². The van der Waals surface area contributed by atoms with E-state index in [2.05, 4.69) is 10.1 Å². The van der Waals surface area contributed by atoms with E-state index in [1.165, 1.54) is 25.6 Å². The van der Waals surface area contributed by atoms with Gasteiger partial charge in [-0.1, -0.05) is 0 Å². The van der Waals surface area contributed by atoms with Crippen molar-refractivity contribution in [2.45, 2.75) is 52.7 Å². The number of ether oxygens (including phenoxy) is 2. The van der Waals surface area contributed by atoms with Crippen LogP contribution in [0.3, 0.4) is 0 Å². The van der Waals surface area contributed by atoms with Gasteiger partial charge in [-0.2, -0.15) is 10.2 Å². The van der Waals surface area contributed by atoms with Gasteiger partial charge >= 0.3 is 12.1 Å². The molecule has 1 heterocycles. The summed E-state index contributed by atoms with van der Waals surface area (Å²) < 4.78 is 10.2. The maximum Gasteiger partial charge on any atom is 0.439 e. The molecule has 1 rings (SSSR count). The third kappa shape index (κ3) is 6.32. The predicted octanol–water partition coefficient (Wildman–Crippen LogP) is 2.63. The van der Waals surface area contributed by atoms with E-state index in [-0.39, 0.29) is 11.3 Å². The quantitative estimate of drug-likeness (QED) is 0.377. The SMILES string of the molecule is COC(=O)c1cc(/C=N/N)ncc1N(OC(C)(C)C)C(=O)OC(C)(C)C. The van der Waals surface area contributed by atoms with Crippen LogP contribution in [-0.4, -0.2) is 41.6 Å². The van der Waals surface area contributed by atoms with Crippen LogP contribution in [-0.2, 0) is 14.3 Å². The van der Waals surface area contributed by atoms with E-state index in [0.29, 0.717) is 5.69 Å². The van der Waals surface area contributed by atoms with Gasteiger partial charge in [-0.15, -0.1) is 0 Å². The molecule has 0 spiro atoms.